The summed E-state index contributed by atoms with van der Waals surface area (Å²) < 4.78 is 18.2. The molecule has 15 heavy (non-hydrogen) atoms. The molecule has 1 rings (SSSR count). The molecule has 0 radical (unpaired) electrons. The predicted octanol–water partition coefficient (Wildman–Crippen LogP) is 3.32. The Morgan fingerprint density at radius 2 is 2.27 bits per heavy atom. The van der Waals surface area contributed by atoms with Crippen molar-refractivity contribution in [3.05, 3.63) is 29.0 Å². The van der Waals surface area contributed by atoms with Gasteiger partial charge in [-0.25, -0.2) is 4.39 Å². The number of nitrogens with one attached hydrogen (secondary N) is 1. The Kier molecular flexibility index (Phi) is 4.85. The van der Waals surface area contributed by atoms with Crippen LogP contribution in [0.2, 0.25) is 5.02 Å². The second-order valence-corrected chi connectivity index (χ2v) is 3.74. The summed E-state index contributed by atoms with van der Waals surface area (Å²) in [4.78, 5) is 0. The zero-order chi connectivity index (χ0) is 11.3. The molecular weight excluding hydrogens is 217 g/mol. The monoisotopic (exact) mass is 231 g/mol. The largest absolute Gasteiger partial charge is 0.383 e. The van der Waals surface area contributed by atoms with Crippen LogP contribution in [0.15, 0.2) is 18.2 Å². The molecule has 2 nitrogen and oxygen atoms in total. The van der Waals surface area contributed by atoms with Gasteiger partial charge in [0.1, 0.15) is 5.82 Å². The van der Waals surface area contributed by atoms with Crippen molar-refractivity contribution in [2.45, 2.75) is 19.4 Å². The van der Waals surface area contributed by atoms with Crippen molar-refractivity contribution in [2.75, 3.05) is 19.0 Å². The molecule has 0 fully saturated rings. The third-order valence-electron chi connectivity index (χ3n) is 2.15. The molecule has 4 heteroatoms. The summed E-state index contributed by atoms with van der Waals surface area (Å²) in [6.45, 7) is 2.64. The second kappa shape index (κ2) is 5.93. The molecule has 1 unspecified atom stereocenters. The maximum Gasteiger partial charge on any atom is 0.143 e. The summed E-state index contributed by atoms with van der Waals surface area (Å²) in [6, 6.07) is 4.87. The standard InChI is InChI=1S/C11H15ClFNO/c1-3-8(7-15-2)14-9-4-5-10(12)11(13)6-9/h4-6,8,14H,3,7H2,1-2H3. The number of ether oxygens (including phenoxy) is 1. The van der Waals surface area contributed by atoms with Crippen LogP contribution < -0.4 is 5.32 Å². The highest BCUT2D eigenvalue weighted by atomic mass is 35.5. The first-order chi connectivity index (χ1) is 7.17. The number of anilines is 1. The van der Waals surface area contributed by atoms with Crippen LogP contribution in [0.3, 0.4) is 0 Å². The number of rotatable bonds is 5. The van der Waals surface area contributed by atoms with Gasteiger partial charge in [-0.1, -0.05) is 18.5 Å². The Hall–Kier alpha value is -0.800. The smallest absolute Gasteiger partial charge is 0.143 e. The predicted molar refractivity (Wildman–Crippen MR) is 61.0 cm³/mol. The minimum Gasteiger partial charge on any atom is -0.383 e. The third-order valence-corrected chi connectivity index (χ3v) is 2.46. The number of methoxy groups -OCH3 is 1. The van der Waals surface area contributed by atoms with Gasteiger partial charge in [0.15, 0.2) is 0 Å². The minimum absolute atomic E-state index is 0.139. The number of hydrogen-bond acceptors (Lipinski definition) is 2. The summed E-state index contributed by atoms with van der Waals surface area (Å²) in [5, 5.41) is 3.31. The Bertz CT molecular complexity index is 319. The summed E-state index contributed by atoms with van der Waals surface area (Å²) in [5.74, 6) is -0.408. The van der Waals surface area contributed by atoms with Crippen LogP contribution in [0, 0.1) is 5.82 Å². The minimum atomic E-state index is -0.408. The zero-order valence-electron chi connectivity index (χ0n) is 8.89. The highest BCUT2D eigenvalue weighted by Crippen LogP contribution is 2.19. The fourth-order valence-corrected chi connectivity index (χ4v) is 1.40. The summed E-state index contributed by atoms with van der Waals surface area (Å²) in [6.07, 6.45) is 0.915. The molecule has 0 amide bonds. The van der Waals surface area contributed by atoms with E-state index in [1.54, 1.807) is 19.2 Å². The van der Waals surface area contributed by atoms with Gasteiger partial charge in [-0.15, -0.1) is 0 Å². The number of benzene rings is 1. The molecule has 0 saturated heterocycles. The number of hydrogen-bond donors (Lipinski definition) is 1. The highest BCUT2D eigenvalue weighted by Gasteiger charge is 2.07. The van der Waals surface area contributed by atoms with E-state index in [1.165, 1.54) is 6.07 Å². The van der Waals surface area contributed by atoms with Crippen molar-refractivity contribution in [3.63, 3.8) is 0 Å². The van der Waals surface area contributed by atoms with Gasteiger partial charge in [-0.3, -0.25) is 0 Å². The van der Waals surface area contributed by atoms with E-state index in [1.807, 2.05) is 6.92 Å². The molecular formula is C11H15ClFNO. The molecule has 0 aliphatic heterocycles. The fraction of sp³-hybridized carbons (Fsp3) is 0.455. The fourth-order valence-electron chi connectivity index (χ4n) is 1.28. The molecule has 0 bridgehead atoms. The van der Waals surface area contributed by atoms with Crippen molar-refractivity contribution in [3.8, 4) is 0 Å². The zero-order valence-corrected chi connectivity index (χ0v) is 9.64. The van der Waals surface area contributed by atoms with Crippen molar-refractivity contribution >= 4 is 17.3 Å². The van der Waals surface area contributed by atoms with Gasteiger partial charge in [0.05, 0.1) is 11.6 Å². The maximum absolute atomic E-state index is 13.1. The SMILES string of the molecule is CCC(COC)Nc1ccc(Cl)c(F)c1. The lowest BCUT2D eigenvalue weighted by Crippen LogP contribution is -2.23. The molecule has 0 spiro atoms. The van der Waals surface area contributed by atoms with Gasteiger partial charge in [-0.05, 0) is 24.6 Å². The Morgan fingerprint density at radius 3 is 2.80 bits per heavy atom. The molecule has 0 heterocycles. The first-order valence-corrected chi connectivity index (χ1v) is 5.25. The lowest BCUT2D eigenvalue weighted by molar-refractivity contribution is 0.184. The van der Waals surface area contributed by atoms with Crippen molar-refractivity contribution in [1.29, 1.82) is 0 Å². The molecule has 0 aliphatic carbocycles. The lowest BCUT2D eigenvalue weighted by Gasteiger charge is -2.17. The van der Waals surface area contributed by atoms with Crippen LogP contribution in [-0.2, 0) is 4.74 Å². The first kappa shape index (κ1) is 12.3. The topological polar surface area (TPSA) is 21.3 Å². The van der Waals surface area contributed by atoms with Gasteiger partial charge in [0.25, 0.3) is 0 Å². The van der Waals surface area contributed by atoms with Crippen LogP contribution in [0.1, 0.15) is 13.3 Å². The van der Waals surface area contributed by atoms with Crippen molar-refractivity contribution in [1.82, 2.24) is 0 Å². The lowest BCUT2D eigenvalue weighted by atomic mass is 10.2. The summed E-state index contributed by atoms with van der Waals surface area (Å²) in [7, 11) is 1.65. The van der Waals surface area contributed by atoms with Gasteiger partial charge >= 0.3 is 0 Å². The average molecular weight is 232 g/mol. The van der Waals surface area contributed by atoms with E-state index >= 15 is 0 Å². The van der Waals surface area contributed by atoms with Gasteiger partial charge in [0, 0.05) is 18.8 Å². The van der Waals surface area contributed by atoms with E-state index in [9.17, 15) is 4.39 Å². The van der Waals surface area contributed by atoms with Crippen LogP contribution in [0.4, 0.5) is 10.1 Å². The Labute approximate surface area is 94.4 Å². The van der Waals surface area contributed by atoms with Gasteiger partial charge in [-0.2, -0.15) is 0 Å². The second-order valence-electron chi connectivity index (χ2n) is 3.33. The van der Waals surface area contributed by atoms with E-state index in [0.29, 0.717) is 6.61 Å². The van der Waals surface area contributed by atoms with Crippen molar-refractivity contribution in [2.24, 2.45) is 0 Å². The average Bonchev–Trinajstić information content (AvgIpc) is 2.23. The summed E-state index contributed by atoms with van der Waals surface area (Å²) in [5.41, 5.74) is 0.723. The Morgan fingerprint density at radius 1 is 1.53 bits per heavy atom. The quantitative estimate of drug-likeness (QED) is 0.840. The van der Waals surface area contributed by atoms with Crippen LogP contribution in [0.5, 0.6) is 0 Å². The summed E-state index contributed by atoms with van der Waals surface area (Å²) >= 11 is 5.58. The molecule has 84 valence electrons. The Balaban J connectivity index is 2.66. The first-order valence-electron chi connectivity index (χ1n) is 4.88. The third kappa shape index (κ3) is 3.68. The number of halogens is 2. The van der Waals surface area contributed by atoms with E-state index in [4.69, 9.17) is 16.3 Å². The van der Waals surface area contributed by atoms with E-state index in [2.05, 4.69) is 5.32 Å². The molecule has 1 N–H and O–H groups in total. The van der Waals surface area contributed by atoms with Crippen molar-refractivity contribution < 1.29 is 9.13 Å². The highest BCUT2D eigenvalue weighted by molar-refractivity contribution is 6.30. The molecule has 1 aromatic rings. The molecule has 0 aliphatic rings. The van der Waals surface area contributed by atoms with E-state index in [0.717, 1.165) is 12.1 Å². The van der Waals surface area contributed by atoms with Gasteiger partial charge < -0.3 is 10.1 Å². The molecule has 1 aromatic carbocycles. The normalized spacial score (nSPS) is 12.5. The molecule has 1 atom stereocenters. The molecule has 0 saturated carbocycles. The van der Waals surface area contributed by atoms with Crippen LogP contribution >= 0.6 is 11.6 Å². The van der Waals surface area contributed by atoms with Gasteiger partial charge in [0.2, 0.25) is 0 Å². The van der Waals surface area contributed by atoms with E-state index in [-0.39, 0.29) is 11.1 Å². The van der Waals surface area contributed by atoms with Crippen LogP contribution in [-0.4, -0.2) is 19.8 Å². The molecule has 0 aromatic heterocycles. The van der Waals surface area contributed by atoms with E-state index < -0.39 is 5.82 Å². The van der Waals surface area contributed by atoms with Crippen LogP contribution in [0.25, 0.3) is 0 Å². The maximum atomic E-state index is 13.1.